The van der Waals surface area contributed by atoms with Gasteiger partial charge in [0.25, 0.3) is 5.91 Å². The van der Waals surface area contributed by atoms with Crippen molar-refractivity contribution in [3.8, 4) is 5.75 Å². The van der Waals surface area contributed by atoms with E-state index in [1.54, 1.807) is 11.4 Å². The van der Waals surface area contributed by atoms with Crippen molar-refractivity contribution in [2.45, 2.75) is 0 Å². The molecule has 1 amide bonds. The molecule has 0 saturated heterocycles. The van der Waals surface area contributed by atoms with Crippen LogP contribution in [0.4, 0.5) is 0 Å². The molecule has 6 nitrogen and oxygen atoms in total. The van der Waals surface area contributed by atoms with Crippen LogP contribution in [0, 0.1) is 0 Å². The fraction of sp³-hybridized carbons (Fsp3) is 0.100. The molecule has 0 aliphatic heterocycles. The summed E-state index contributed by atoms with van der Waals surface area (Å²) in [5.74, 6) is -2.09. The lowest BCUT2D eigenvalue weighted by atomic mass is 10.2. The predicted octanol–water partition coefficient (Wildman–Crippen LogP) is 0.816. The number of carboxylic acid groups (broad SMARTS) is 1. The molecule has 0 bridgehead atoms. The lowest BCUT2D eigenvalue weighted by molar-refractivity contribution is -0.135. The van der Waals surface area contributed by atoms with Crippen molar-refractivity contribution in [3.63, 3.8) is 0 Å². The minimum atomic E-state index is -1.16. The maximum atomic E-state index is 11.5. The van der Waals surface area contributed by atoms with E-state index in [0.29, 0.717) is 4.70 Å². The fourth-order valence-corrected chi connectivity index (χ4v) is 2.14. The number of nitrogens with zero attached hydrogens (tertiary/aromatic N) is 1. The van der Waals surface area contributed by atoms with Gasteiger partial charge in [-0.05, 0) is 11.4 Å². The number of aromatic hydroxyl groups is 1. The molecule has 2 aromatic rings. The molecule has 0 radical (unpaired) electrons. The molecule has 0 saturated carbocycles. The summed E-state index contributed by atoms with van der Waals surface area (Å²) in [4.78, 5) is 25.6. The van der Waals surface area contributed by atoms with Crippen LogP contribution in [-0.2, 0) is 4.79 Å². The summed E-state index contributed by atoms with van der Waals surface area (Å²) in [6.45, 7) is -0.511. The Hall–Kier alpha value is -2.15. The molecule has 0 aromatic carbocycles. The molecule has 2 rings (SSSR count). The van der Waals surface area contributed by atoms with Gasteiger partial charge in [0.2, 0.25) is 0 Å². The molecule has 2 aromatic heterocycles. The van der Waals surface area contributed by atoms with Gasteiger partial charge in [0.1, 0.15) is 6.54 Å². The van der Waals surface area contributed by atoms with Crippen molar-refractivity contribution in [2.75, 3.05) is 6.54 Å². The molecule has 88 valence electrons. The Balaban J connectivity index is 2.31. The van der Waals surface area contributed by atoms with Gasteiger partial charge in [-0.15, -0.1) is 11.3 Å². The standard InChI is InChI=1S/C10H8N2O4S/c13-6(14)4-12-10(16)7-8(15)9-5(3-11-7)1-2-17-9/h1-3,15H,4H2,(H,12,16)(H,13,14). The highest BCUT2D eigenvalue weighted by atomic mass is 32.1. The molecule has 0 atom stereocenters. The Kier molecular flexibility index (Phi) is 2.92. The quantitative estimate of drug-likeness (QED) is 0.750. The van der Waals surface area contributed by atoms with Gasteiger partial charge >= 0.3 is 5.97 Å². The third-order valence-electron chi connectivity index (χ3n) is 2.08. The zero-order valence-electron chi connectivity index (χ0n) is 8.51. The predicted molar refractivity (Wildman–Crippen MR) is 61.3 cm³/mol. The minimum absolute atomic E-state index is 0.166. The first-order valence-electron chi connectivity index (χ1n) is 4.64. The molecular weight excluding hydrogens is 244 g/mol. The number of pyridine rings is 1. The topological polar surface area (TPSA) is 99.5 Å². The number of thiophene rings is 1. The van der Waals surface area contributed by atoms with Crippen molar-refractivity contribution in [3.05, 3.63) is 23.3 Å². The van der Waals surface area contributed by atoms with Gasteiger partial charge in [0.05, 0.1) is 4.70 Å². The summed E-state index contributed by atoms with van der Waals surface area (Å²) in [5.41, 5.74) is -0.166. The van der Waals surface area contributed by atoms with Crippen LogP contribution in [0.2, 0.25) is 0 Å². The number of aromatic nitrogens is 1. The summed E-state index contributed by atoms with van der Waals surface area (Å²) < 4.78 is 0.556. The maximum Gasteiger partial charge on any atom is 0.322 e. The molecular formula is C10H8N2O4S. The molecule has 17 heavy (non-hydrogen) atoms. The normalized spacial score (nSPS) is 10.4. The van der Waals surface area contributed by atoms with Crippen molar-refractivity contribution in [1.29, 1.82) is 0 Å². The summed E-state index contributed by atoms with van der Waals surface area (Å²) in [7, 11) is 0. The highest BCUT2D eigenvalue weighted by Crippen LogP contribution is 2.31. The van der Waals surface area contributed by atoms with Crippen LogP contribution in [-0.4, -0.2) is 33.6 Å². The van der Waals surface area contributed by atoms with Crippen LogP contribution < -0.4 is 5.32 Å². The molecule has 0 unspecified atom stereocenters. The van der Waals surface area contributed by atoms with Crippen LogP contribution in [0.15, 0.2) is 17.6 Å². The third-order valence-corrected chi connectivity index (χ3v) is 3.02. The molecule has 2 heterocycles. The van der Waals surface area contributed by atoms with Gasteiger partial charge in [-0.3, -0.25) is 9.59 Å². The average molecular weight is 252 g/mol. The second kappa shape index (κ2) is 4.38. The van der Waals surface area contributed by atoms with E-state index in [1.165, 1.54) is 17.5 Å². The van der Waals surface area contributed by atoms with E-state index < -0.39 is 18.4 Å². The highest BCUT2D eigenvalue weighted by Gasteiger charge is 2.16. The first-order valence-corrected chi connectivity index (χ1v) is 5.52. The Morgan fingerprint density at radius 3 is 2.94 bits per heavy atom. The monoisotopic (exact) mass is 252 g/mol. The lowest BCUT2D eigenvalue weighted by Gasteiger charge is -2.04. The van der Waals surface area contributed by atoms with Gasteiger partial charge in [0, 0.05) is 11.6 Å². The summed E-state index contributed by atoms with van der Waals surface area (Å²) in [5, 5.41) is 22.9. The summed E-state index contributed by atoms with van der Waals surface area (Å²) >= 11 is 1.28. The van der Waals surface area contributed by atoms with E-state index in [1.807, 2.05) is 0 Å². The van der Waals surface area contributed by atoms with Gasteiger partial charge < -0.3 is 15.5 Å². The molecule has 3 N–H and O–H groups in total. The van der Waals surface area contributed by atoms with Crippen molar-refractivity contribution >= 4 is 33.3 Å². The van der Waals surface area contributed by atoms with Gasteiger partial charge in [-0.1, -0.05) is 0 Å². The Morgan fingerprint density at radius 1 is 1.47 bits per heavy atom. The van der Waals surface area contributed by atoms with Crippen molar-refractivity contribution < 1.29 is 19.8 Å². The van der Waals surface area contributed by atoms with Crippen LogP contribution in [0.25, 0.3) is 10.1 Å². The Labute approximate surface area is 99.5 Å². The van der Waals surface area contributed by atoms with E-state index in [2.05, 4.69) is 10.3 Å². The van der Waals surface area contributed by atoms with E-state index in [-0.39, 0.29) is 11.4 Å². The highest BCUT2D eigenvalue weighted by molar-refractivity contribution is 7.17. The number of hydrogen-bond donors (Lipinski definition) is 3. The SMILES string of the molecule is O=C(O)CNC(=O)c1ncc2ccsc2c1O. The Bertz CT molecular complexity index is 593. The van der Waals surface area contributed by atoms with Crippen LogP contribution in [0.3, 0.4) is 0 Å². The first kappa shape index (κ1) is 11.3. The van der Waals surface area contributed by atoms with Gasteiger partial charge in [-0.25, -0.2) is 4.98 Å². The third kappa shape index (κ3) is 2.18. The summed E-state index contributed by atoms with van der Waals surface area (Å²) in [6.07, 6.45) is 1.46. The molecule has 0 fully saturated rings. The van der Waals surface area contributed by atoms with Gasteiger partial charge in [0.15, 0.2) is 11.4 Å². The molecule has 0 spiro atoms. The smallest absolute Gasteiger partial charge is 0.322 e. The molecule has 7 heteroatoms. The van der Waals surface area contributed by atoms with Crippen molar-refractivity contribution in [1.82, 2.24) is 10.3 Å². The number of carbonyl (C=O) groups excluding carboxylic acids is 1. The first-order chi connectivity index (χ1) is 8.09. The summed E-state index contributed by atoms with van der Waals surface area (Å²) in [6, 6.07) is 1.77. The number of fused-ring (bicyclic) bond motifs is 1. The fourth-order valence-electron chi connectivity index (χ4n) is 1.32. The maximum absolute atomic E-state index is 11.5. The molecule has 0 aliphatic carbocycles. The minimum Gasteiger partial charge on any atom is -0.504 e. The second-order valence-electron chi connectivity index (χ2n) is 3.24. The molecule has 0 aliphatic rings. The van der Waals surface area contributed by atoms with Gasteiger partial charge in [-0.2, -0.15) is 0 Å². The van der Waals surface area contributed by atoms with E-state index in [0.717, 1.165) is 5.39 Å². The number of carbonyl (C=O) groups is 2. The van der Waals surface area contributed by atoms with Crippen LogP contribution in [0.5, 0.6) is 5.75 Å². The number of rotatable bonds is 3. The van der Waals surface area contributed by atoms with E-state index in [4.69, 9.17) is 5.11 Å². The van der Waals surface area contributed by atoms with E-state index >= 15 is 0 Å². The zero-order chi connectivity index (χ0) is 12.4. The zero-order valence-corrected chi connectivity index (χ0v) is 9.32. The average Bonchev–Trinajstić information content (AvgIpc) is 2.75. The number of amides is 1. The van der Waals surface area contributed by atoms with E-state index in [9.17, 15) is 14.7 Å². The van der Waals surface area contributed by atoms with Crippen molar-refractivity contribution in [2.24, 2.45) is 0 Å². The number of carboxylic acids is 1. The van der Waals surface area contributed by atoms with Crippen LogP contribution in [0.1, 0.15) is 10.5 Å². The lowest BCUT2D eigenvalue weighted by Crippen LogP contribution is -2.29. The largest absolute Gasteiger partial charge is 0.504 e. The second-order valence-corrected chi connectivity index (χ2v) is 4.15. The number of aliphatic carboxylic acids is 1. The Morgan fingerprint density at radius 2 is 2.24 bits per heavy atom. The number of hydrogen-bond acceptors (Lipinski definition) is 5. The van der Waals surface area contributed by atoms with Crippen LogP contribution >= 0.6 is 11.3 Å². The number of nitrogens with one attached hydrogen (secondary N) is 1.